The van der Waals surface area contributed by atoms with Crippen molar-refractivity contribution < 1.29 is 14.0 Å². The van der Waals surface area contributed by atoms with Crippen LogP contribution < -0.4 is 5.32 Å². The fraction of sp³-hybridized carbons (Fsp3) is 0.500. The number of likely N-dealkylation sites (tertiary alicyclic amines) is 1. The molecule has 8 heteroatoms. The van der Waals surface area contributed by atoms with E-state index in [1.807, 2.05) is 0 Å². The lowest BCUT2D eigenvalue weighted by Gasteiger charge is -2.34. The van der Waals surface area contributed by atoms with Crippen LogP contribution >= 0.6 is 0 Å². The molecule has 32 heavy (non-hydrogen) atoms. The highest BCUT2D eigenvalue weighted by Crippen LogP contribution is 2.37. The van der Waals surface area contributed by atoms with Crippen LogP contribution in [0.5, 0.6) is 0 Å². The molecule has 1 fully saturated rings. The molecule has 0 saturated carbocycles. The van der Waals surface area contributed by atoms with E-state index < -0.39 is 5.41 Å². The molecule has 1 saturated heterocycles. The van der Waals surface area contributed by atoms with Gasteiger partial charge in [0.05, 0.1) is 23.7 Å². The van der Waals surface area contributed by atoms with Crippen molar-refractivity contribution >= 4 is 17.6 Å². The summed E-state index contributed by atoms with van der Waals surface area (Å²) in [6, 6.07) is 6.20. The van der Waals surface area contributed by atoms with Crippen molar-refractivity contribution in [2.24, 2.45) is 0 Å². The highest BCUT2D eigenvalue weighted by molar-refractivity contribution is 5.88. The average molecular weight is 440 g/mol. The summed E-state index contributed by atoms with van der Waals surface area (Å²) in [4.78, 5) is 38.6. The number of nitrogens with zero attached hydrogens (tertiary/aromatic N) is 4. The summed E-state index contributed by atoms with van der Waals surface area (Å²) in [6.45, 7) is 6.80. The van der Waals surface area contributed by atoms with E-state index in [2.05, 4.69) is 5.32 Å². The lowest BCUT2D eigenvalue weighted by atomic mass is 9.82. The summed E-state index contributed by atoms with van der Waals surface area (Å²) in [6.07, 6.45) is 2.26. The van der Waals surface area contributed by atoms with E-state index in [-0.39, 0.29) is 23.7 Å². The first-order chi connectivity index (χ1) is 15.2. The predicted molar refractivity (Wildman–Crippen MR) is 119 cm³/mol. The Morgan fingerprint density at radius 3 is 2.62 bits per heavy atom. The van der Waals surface area contributed by atoms with Crippen molar-refractivity contribution in [3.63, 3.8) is 0 Å². The molecule has 0 aliphatic carbocycles. The van der Waals surface area contributed by atoms with E-state index >= 15 is 0 Å². The molecule has 2 aliphatic rings. The lowest BCUT2D eigenvalue weighted by Crippen LogP contribution is -2.44. The third-order valence-corrected chi connectivity index (χ3v) is 6.65. The zero-order valence-corrected chi connectivity index (χ0v) is 19.1. The van der Waals surface area contributed by atoms with Crippen LogP contribution in [0.1, 0.15) is 62.3 Å². The Labute approximate surface area is 188 Å². The molecule has 3 heterocycles. The highest BCUT2D eigenvalue weighted by Gasteiger charge is 2.42. The van der Waals surface area contributed by atoms with E-state index in [0.29, 0.717) is 43.3 Å². The molecule has 0 spiro atoms. The van der Waals surface area contributed by atoms with Crippen LogP contribution in [0.25, 0.3) is 0 Å². The maximum absolute atomic E-state index is 14.5. The molecule has 1 N–H and O–H groups in total. The Morgan fingerprint density at radius 1 is 1.19 bits per heavy atom. The number of fused-ring (bicyclic) bond motifs is 1. The lowest BCUT2D eigenvalue weighted by molar-refractivity contribution is -0.137. The van der Waals surface area contributed by atoms with E-state index in [1.165, 1.54) is 6.07 Å². The SMILES string of the molecule is CNc1nc(C2CCCN2C(=O)C(C)(C)c2ccccc2F)nc2c1CN(C(C)=O)CC2. The molecular weight excluding hydrogens is 409 g/mol. The quantitative estimate of drug-likeness (QED) is 0.792. The number of anilines is 1. The van der Waals surface area contributed by atoms with Crippen molar-refractivity contribution in [2.75, 3.05) is 25.5 Å². The minimum Gasteiger partial charge on any atom is -0.373 e. The van der Waals surface area contributed by atoms with Crippen molar-refractivity contribution in [3.8, 4) is 0 Å². The minimum atomic E-state index is -1.00. The van der Waals surface area contributed by atoms with Crippen LogP contribution in [0.4, 0.5) is 10.2 Å². The Hall–Kier alpha value is -3.03. The number of hydrogen-bond acceptors (Lipinski definition) is 5. The molecule has 1 unspecified atom stereocenters. The smallest absolute Gasteiger partial charge is 0.233 e. The molecule has 2 amide bonds. The molecule has 2 aliphatic heterocycles. The van der Waals surface area contributed by atoms with Gasteiger partial charge in [-0.2, -0.15) is 0 Å². The van der Waals surface area contributed by atoms with Gasteiger partial charge in [0.2, 0.25) is 11.8 Å². The molecule has 1 aromatic heterocycles. The largest absolute Gasteiger partial charge is 0.373 e. The van der Waals surface area contributed by atoms with Gasteiger partial charge in [-0.1, -0.05) is 18.2 Å². The van der Waals surface area contributed by atoms with Gasteiger partial charge in [-0.3, -0.25) is 9.59 Å². The van der Waals surface area contributed by atoms with E-state index in [9.17, 15) is 14.0 Å². The van der Waals surface area contributed by atoms with Gasteiger partial charge in [-0.05, 0) is 32.8 Å². The molecule has 1 aromatic carbocycles. The maximum Gasteiger partial charge on any atom is 0.233 e. The highest BCUT2D eigenvalue weighted by atomic mass is 19.1. The van der Waals surface area contributed by atoms with Crippen molar-refractivity contribution in [1.29, 1.82) is 0 Å². The van der Waals surface area contributed by atoms with Gasteiger partial charge in [0.1, 0.15) is 11.6 Å². The second-order valence-corrected chi connectivity index (χ2v) is 9.06. The Bertz CT molecular complexity index is 1040. The summed E-state index contributed by atoms with van der Waals surface area (Å²) in [5.41, 5.74) is 1.24. The Kier molecular flexibility index (Phi) is 5.88. The van der Waals surface area contributed by atoms with Gasteiger partial charge in [-0.15, -0.1) is 0 Å². The van der Waals surface area contributed by atoms with Gasteiger partial charge in [0.15, 0.2) is 5.82 Å². The van der Waals surface area contributed by atoms with Crippen molar-refractivity contribution in [1.82, 2.24) is 19.8 Å². The number of hydrogen-bond donors (Lipinski definition) is 1. The van der Waals surface area contributed by atoms with Crippen LogP contribution in [0.3, 0.4) is 0 Å². The van der Waals surface area contributed by atoms with E-state index in [1.54, 1.807) is 55.8 Å². The third-order valence-electron chi connectivity index (χ3n) is 6.65. The number of amides is 2. The summed E-state index contributed by atoms with van der Waals surface area (Å²) >= 11 is 0. The van der Waals surface area contributed by atoms with Gasteiger partial charge < -0.3 is 15.1 Å². The molecule has 0 bridgehead atoms. The van der Waals surface area contributed by atoms with Crippen LogP contribution in [0.2, 0.25) is 0 Å². The number of halogens is 1. The predicted octanol–water partition coefficient (Wildman–Crippen LogP) is 3.20. The van der Waals surface area contributed by atoms with Crippen LogP contribution in [0, 0.1) is 5.82 Å². The first-order valence-electron chi connectivity index (χ1n) is 11.1. The summed E-state index contributed by atoms with van der Waals surface area (Å²) < 4.78 is 14.5. The average Bonchev–Trinajstić information content (AvgIpc) is 3.27. The van der Waals surface area contributed by atoms with Crippen molar-refractivity contribution in [3.05, 3.63) is 52.7 Å². The van der Waals surface area contributed by atoms with Gasteiger partial charge in [0, 0.05) is 44.6 Å². The second kappa shape index (κ2) is 8.48. The summed E-state index contributed by atoms with van der Waals surface area (Å²) in [7, 11) is 1.80. The normalized spacial score (nSPS) is 18.5. The molecular formula is C24H30FN5O2. The summed E-state index contributed by atoms with van der Waals surface area (Å²) in [5, 5.41) is 3.14. The molecule has 2 aromatic rings. The molecule has 170 valence electrons. The summed E-state index contributed by atoms with van der Waals surface area (Å²) in [5.74, 6) is 0.840. The van der Waals surface area contributed by atoms with Crippen LogP contribution in [0.15, 0.2) is 24.3 Å². The number of rotatable bonds is 4. The molecule has 0 radical (unpaired) electrons. The van der Waals surface area contributed by atoms with Crippen molar-refractivity contribution in [2.45, 2.75) is 58.0 Å². The first-order valence-corrected chi connectivity index (χ1v) is 11.1. The van der Waals surface area contributed by atoms with Gasteiger partial charge in [-0.25, -0.2) is 14.4 Å². The molecule has 7 nitrogen and oxygen atoms in total. The maximum atomic E-state index is 14.5. The number of nitrogens with one attached hydrogen (secondary N) is 1. The fourth-order valence-corrected chi connectivity index (χ4v) is 4.78. The van der Waals surface area contributed by atoms with Crippen LogP contribution in [-0.4, -0.2) is 51.7 Å². The molecule has 1 atom stereocenters. The fourth-order valence-electron chi connectivity index (χ4n) is 4.78. The third kappa shape index (κ3) is 3.82. The minimum absolute atomic E-state index is 0.0321. The zero-order valence-electron chi connectivity index (χ0n) is 19.1. The van der Waals surface area contributed by atoms with Gasteiger partial charge >= 0.3 is 0 Å². The standard InChI is InChI=1S/C24H30FN5O2/c1-15(31)29-13-11-19-16(14-29)21(26-4)28-22(27-19)20-10-7-12-30(20)23(32)24(2,3)17-8-5-6-9-18(17)25/h5-6,8-9,20H,7,10-14H2,1-4H3,(H,26,27,28). The first kappa shape index (κ1) is 22.2. The van der Waals surface area contributed by atoms with E-state index in [4.69, 9.17) is 9.97 Å². The van der Waals surface area contributed by atoms with Crippen LogP contribution in [-0.2, 0) is 28.0 Å². The number of carbonyl (C=O) groups is 2. The Morgan fingerprint density at radius 2 is 1.94 bits per heavy atom. The monoisotopic (exact) mass is 439 g/mol. The zero-order chi connectivity index (χ0) is 23.0. The van der Waals surface area contributed by atoms with E-state index in [0.717, 1.165) is 24.1 Å². The Balaban J connectivity index is 1.66. The number of aromatic nitrogens is 2. The molecule has 4 rings (SSSR count). The topological polar surface area (TPSA) is 78.4 Å². The van der Waals surface area contributed by atoms with Gasteiger partial charge in [0.25, 0.3) is 0 Å². The second-order valence-electron chi connectivity index (χ2n) is 9.06. The number of benzene rings is 1. The number of carbonyl (C=O) groups excluding carboxylic acids is 2.